The van der Waals surface area contributed by atoms with Gasteiger partial charge >= 0.3 is 0 Å². The lowest BCUT2D eigenvalue weighted by Crippen LogP contribution is -2.14. The van der Waals surface area contributed by atoms with E-state index in [9.17, 15) is 10.1 Å². The normalized spacial score (nSPS) is 13.9. The van der Waals surface area contributed by atoms with E-state index in [4.69, 9.17) is 0 Å². The van der Waals surface area contributed by atoms with Crippen molar-refractivity contribution in [2.75, 3.05) is 10.5 Å². The molecule has 14 heavy (non-hydrogen) atoms. The first-order valence-electron chi connectivity index (χ1n) is 4.07. The number of nitro groups is 1. The minimum atomic E-state index is -0.366. The molecule has 1 aliphatic rings. The maximum absolute atomic E-state index is 10.7. The highest BCUT2D eigenvalue weighted by atomic mass is 79.9. The minimum Gasteiger partial charge on any atom is -0.304 e. The van der Waals surface area contributed by atoms with Crippen LogP contribution in [0.4, 0.5) is 11.4 Å². The Hall–Kier alpha value is -1.36. The zero-order valence-corrected chi connectivity index (χ0v) is 8.77. The Balaban J connectivity index is 2.63. The maximum Gasteiger partial charge on any atom is 0.278 e. The number of rotatable bonds is 1. The lowest BCUT2D eigenvalue weighted by atomic mass is 10.1. The van der Waals surface area contributed by atoms with Crippen LogP contribution in [-0.2, 0) is 0 Å². The first-order valence-corrected chi connectivity index (χ1v) is 4.78. The first kappa shape index (κ1) is 9.21. The van der Waals surface area contributed by atoms with E-state index >= 15 is 0 Å². The molecular weight excluding hydrogens is 248 g/mol. The van der Waals surface area contributed by atoms with Gasteiger partial charge in [-0.15, -0.1) is 0 Å². The van der Waals surface area contributed by atoms with Gasteiger partial charge < -0.3 is 3.93 Å². The number of nitrogens with zero attached hydrogens (tertiary/aromatic N) is 2. The Morgan fingerprint density at radius 3 is 3.00 bits per heavy atom. The summed E-state index contributed by atoms with van der Waals surface area (Å²) in [5, 5.41) is 10.7. The summed E-state index contributed by atoms with van der Waals surface area (Å²) in [6.07, 6.45) is 3.66. The molecule has 0 saturated heterocycles. The summed E-state index contributed by atoms with van der Waals surface area (Å²) in [5.74, 6) is 0. The SMILES string of the molecule is O=[N+]([O-])c1cccc2c1C=CCN2Br. The number of halogens is 1. The third-order valence-electron chi connectivity index (χ3n) is 2.07. The molecule has 0 unspecified atom stereocenters. The smallest absolute Gasteiger partial charge is 0.278 e. The Labute approximate surface area is 89.3 Å². The predicted molar refractivity (Wildman–Crippen MR) is 58.4 cm³/mol. The standard InChI is InChI=1S/C9H7BrN2O2/c10-11-6-2-3-7-8(11)4-1-5-9(7)12(13)14/h1-5H,6H2. The molecule has 0 bridgehead atoms. The van der Waals surface area contributed by atoms with Crippen LogP contribution in [0, 0.1) is 10.1 Å². The number of fused-ring (bicyclic) bond motifs is 1. The lowest BCUT2D eigenvalue weighted by Gasteiger charge is -2.20. The van der Waals surface area contributed by atoms with Crippen molar-refractivity contribution in [3.63, 3.8) is 0 Å². The van der Waals surface area contributed by atoms with Crippen molar-refractivity contribution < 1.29 is 4.92 Å². The van der Waals surface area contributed by atoms with Gasteiger partial charge in [-0.1, -0.05) is 12.1 Å². The van der Waals surface area contributed by atoms with Gasteiger partial charge in [0.25, 0.3) is 5.69 Å². The predicted octanol–water partition coefficient (Wildman–Crippen LogP) is 2.74. The van der Waals surface area contributed by atoms with E-state index < -0.39 is 0 Å². The van der Waals surface area contributed by atoms with E-state index in [1.807, 2.05) is 12.1 Å². The van der Waals surface area contributed by atoms with E-state index in [1.54, 1.807) is 16.1 Å². The highest BCUT2D eigenvalue weighted by Gasteiger charge is 2.19. The van der Waals surface area contributed by atoms with Crippen LogP contribution in [0.1, 0.15) is 5.56 Å². The van der Waals surface area contributed by atoms with Crippen molar-refractivity contribution >= 4 is 33.6 Å². The molecule has 0 amide bonds. The quantitative estimate of drug-likeness (QED) is 0.440. The van der Waals surface area contributed by atoms with Crippen molar-refractivity contribution in [2.45, 2.75) is 0 Å². The van der Waals surface area contributed by atoms with E-state index in [0.29, 0.717) is 12.1 Å². The molecule has 1 aliphatic heterocycles. The summed E-state index contributed by atoms with van der Waals surface area (Å²) in [4.78, 5) is 10.4. The van der Waals surface area contributed by atoms with Gasteiger partial charge in [0, 0.05) is 28.8 Å². The summed E-state index contributed by atoms with van der Waals surface area (Å²) in [5.41, 5.74) is 1.63. The largest absolute Gasteiger partial charge is 0.304 e. The molecule has 1 heterocycles. The molecule has 0 aliphatic carbocycles. The third-order valence-corrected chi connectivity index (χ3v) is 2.74. The summed E-state index contributed by atoms with van der Waals surface area (Å²) < 4.78 is 1.80. The Bertz CT molecular complexity index is 417. The van der Waals surface area contributed by atoms with Crippen LogP contribution in [0.15, 0.2) is 24.3 Å². The van der Waals surface area contributed by atoms with E-state index in [0.717, 1.165) is 5.69 Å². The van der Waals surface area contributed by atoms with Crippen molar-refractivity contribution in [1.82, 2.24) is 0 Å². The fraction of sp³-hybridized carbons (Fsp3) is 0.111. The molecule has 0 spiro atoms. The van der Waals surface area contributed by atoms with Gasteiger partial charge in [0.2, 0.25) is 0 Å². The monoisotopic (exact) mass is 254 g/mol. The van der Waals surface area contributed by atoms with Crippen molar-refractivity contribution in [3.05, 3.63) is 40.0 Å². The average molecular weight is 255 g/mol. The molecule has 72 valence electrons. The van der Waals surface area contributed by atoms with Crippen LogP contribution in [0.3, 0.4) is 0 Å². The topological polar surface area (TPSA) is 46.4 Å². The molecule has 5 heteroatoms. The van der Waals surface area contributed by atoms with E-state index in [-0.39, 0.29) is 10.6 Å². The number of benzene rings is 1. The second kappa shape index (κ2) is 3.42. The number of nitro benzene ring substituents is 1. The zero-order valence-electron chi connectivity index (χ0n) is 7.18. The van der Waals surface area contributed by atoms with E-state index in [2.05, 4.69) is 16.1 Å². The molecule has 1 aromatic carbocycles. The van der Waals surface area contributed by atoms with Crippen LogP contribution < -0.4 is 3.93 Å². The maximum atomic E-state index is 10.7. The molecular formula is C9H7BrN2O2. The fourth-order valence-corrected chi connectivity index (χ4v) is 1.92. The van der Waals surface area contributed by atoms with E-state index in [1.165, 1.54) is 6.07 Å². The zero-order chi connectivity index (χ0) is 10.1. The Kier molecular flexibility index (Phi) is 2.25. The van der Waals surface area contributed by atoms with Crippen LogP contribution in [0.5, 0.6) is 0 Å². The molecule has 0 N–H and O–H groups in total. The summed E-state index contributed by atoms with van der Waals surface area (Å²) in [6.45, 7) is 0.716. The molecule has 0 saturated carbocycles. The van der Waals surface area contributed by atoms with Crippen LogP contribution >= 0.6 is 16.1 Å². The van der Waals surface area contributed by atoms with Crippen LogP contribution in [-0.4, -0.2) is 11.5 Å². The van der Waals surface area contributed by atoms with Crippen molar-refractivity contribution in [3.8, 4) is 0 Å². The molecule has 0 fully saturated rings. The Morgan fingerprint density at radius 2 is 2.29 bits per heavy atom. The average Bonchev–Trinajstić information content (AvgIpc) is 2.17. The number of hydrogen-bond donors (Lipinski definition) is 0. The Morgan fingerprint density at radius 1 is 1.50 bits per heavy atom. The summed E-state index contributed by atoms with van der Waals surface area (Å²) >= 11 is 3.33. The van der Waals surface area contributed by atoms with Gasteiger partial charge in [0.1, 0.15) is 0 Å². The highest BCUT2D eigenvalue weighted by Crippen LogP contribution is 2.34. The van der Waals surface area contributed by atoms with Crippen molar-refractivity contribution in [2.24, 2.45) is 0 Å². The van der Waals surface area contributed by atoms with Gasteiger partial charge in [-0.05, 0) is 12.1 Å². The molecule has 0 atom stereocenters. The molecule has 2 rings (SSSR count). The van der Waals surface area contributed by atoms with Gasteiger partial charge in [-0.2, -0.15) is 0 Å². The fourth-order valence-electron chi connectivity index (χ4n) is 1.44. The molecule has 1 aromatic rings. The summed E-state index contributed by atoms with van der Waals surface area (Å²) in [6, 6.07) is 5.04. The number of hydrogen-bond acceptors (Lipinski definition) is 3. The van der Waals surface area contributed by atoms with Crippen LogP contribution in [0.2, 0.25) is 0 Å². The molecule has 0 radical (unpaired) electrons. The minimum absolute atomic E-state index is 0.142. The first-order chi connectivity index (χ1) is 6.70. The van der Waals surface area contributed by atoms with Gasteiger partial charge in [-0.3, -0.25) is 10.1 Å². The third kappa shape index (κ3) is 1.39. The van der Waals surface area contributed by atoms with Gasteiger partial charge in [-0.25, -0.2) is 0 Å². The van der Waals surface area contributed by atoms with Crippen LogP contribution in [0.25, 0.3) is 6.08 Å². The second-order valence-corrected chi connectivity index (χ2v) is 3.77. The molecule has 4 nitrogen and oxygen atoms in total. The lowest BCUT2D eigenvalue weighted by molar-refractivity contribution is -0.385. The van der Waals surface area contributed by atoms with Gasteiger partial charge in [0.15, 0.2) is 0 Å². The summed E-state index contributed by atoms with van der Waals surface area (Å²) in [7, 11) is 0. The molecule has 0 aromatic heterocycles. The van der Waals surface area contributed by atoms with Gasteiger partial charge in [0.05, 0.1) is 16.2 Å². The van der Waals surface area contributed by atoms with Crippen molar-refractivity contribution in [1.29, 1.82) is 0 Å². The second-order valence-electron chi connectivity index (χ2n) is 2.91. The highest BCUT2D eigenvalue weighted by molar-refractivity contribution is 9.10. The number of anilines is 1.